The standard InChI is InChI=1S/C13H25BO3/c1-8(2)15-7-13-6-5-10(12(14)17-13)11(13)16-9(3)4/h8-12H,5-7,14H2,1-4H3/t10?,11?,12?,13-/m0/s1. The molecule has 1 aliphatic heterocycles. The minimum atomic E-state index is -0.182. The minimum Gasteiger partial charge on any atom is -0.376 e. The van der Waals surface area contributed by atoms with Crippen LogP contribution in [-0.4, -0.2) is 44.4 Å². The van der Waals surface area contributed by atoms with Crippen LogP contribution in [0, 0.1) is 5.92 Å². The van der Waals surface area contributed by atoms with Crippen LogP contribution < -0.4 is 0 Å². The molecule has 0 N–H and O–H groups in total. The Bertz CT molecular complexity index is 269. The van der Waals surface area contributed by atoms with Gasteiger partial charge in [-0.05, 0) is 40.5 Å². The molecule has 2 fully saturated rings. The maximum atomic E-state index is 6.16. The average Bonchev–Trinajstić information content (AvgIpc) is 2.67. The van der Waals surface area contributed by atoms with E-state index in [1.165, 1.54) is 6.42 Å². The Hall–Kier alpha value is -0.0551. The molecule has 3 unspecified atom stereocenters. The van der Waals surface area contributed by atoms with Gasteiger partial charge in [-0.3, -0.25) is 0 Å². The van der Waals surface area contributed by atoms with Crippen molar-refractivity contribution < 1.29 is 14.2 Å². The van der Waals surface area contributed by atoms with E-state index in [-0.39, 0.29) is 23.9 Å². The molecule has 0 amide bonds. The Morgan fingerprint density at radius 1 is 1.29 bits per heavy atom. The molecule has 2 aliphatic rings. The summed E-state index contributed by atoms with van der Waals surface area (Å²) in [5, 5.41) is 0. The van der Waals surface area contributed by atoms with E-state index in [4.69, 9.17) is 14.2 Å². The molecule has 0 aromatic heterocycles. The maximum Gasteiger partial charge on any atom is 0.139 e. The molecule has 0 radical (unpaired) electrons. The fraction of sp³-hybridized carbons (Fsp3) is 1.00. The van der Waals surface area contributed by atoms with Gasteiger partial charge in [0.05, 0.1) is 24.9 Å². The third-order valence-electron chi connectivity index (χ3n) is 3.91. The SMILES string of the molecule is BC1O[C@]2(COC(C)C)CCC1C2OC(C)C. The molecule has 3 nitrogen and oxygen atoms in total. The highest BCUT2D eigenvalue weighted by Crippen LogP contribution is 2.49. The van der Waals surface area contributed by atoms with Gasteiger partial charge in [0.1, 0.15) is 13.4 Å². The molecule has 4 heteroatoms. The molecule has 98 valence electrons. The van der Waals surface area contributed by atoms with E-state index < -0.39 is 0 Å². The van der Waals surface area contributed by atoms with E-state index in [2.05, 4.69) is 35.5 Å². The number of ether oxygens (including phenoxy) is 3. The monoisotopic (exact) mass is 240 g/mol. The molecule has 1 saturated carbocycles. The zero-order chi connectivity index (χ0) is 12.6. The second kappa shape index (κ2) is 4.91. The number of fused-ring (bicyclic) bond motifs is 2. The van der Waals surface area contributed by atoms with Gasteiger partial charge in [0, 0.05) is 11.9 Å². The normalized spacial score (nSPS) is 40.7. The Balaban J connectivity index is 2.07. The van der Waals surface area contributed by atoms with Crippen LogP contribution in [0.1, 0.15) is 40.5 Å². The van der Waals surface area contributed by atoms with Crippen molar-refractivity contribution in [3.05, 3.63) is 0 Å². The van der Waals surface area contributed by atoms with Gasteiger partial charge < -0.3 is 14.2 Å². The van der Waals surface area contributed by atoms with Gasteiger partial charge in [0.25, 0.3) is 0 Å². The van der Waals surface area contributed by atoms with Crippen LogP contribution in [0.5, 0.6) is 0 Å². The van der Waals surface area contributed by atoms with Crippen molar-refractivity contribution in [2.24, 2.45) is 5.92 Å². The van der Waals surface area contributed by atoms with Gasteiger partial charge in [-0.2, -0.15) is 0 Å². The van der Waals surface area contributed by atoms with E-state index in [1.54, 1.807) is 0 Å². The first kappa shape index (κ1) is 13.4. The lowest BCUT2D eigenvalue weighted by molar-refractivity contribution is -0.145. The highest BCUT2D eigenvalue weighted by atomic mass is 16.6. The quantitative estimate of drug-likeness (QED) is 0.679. The lowest BCUT2D eigenvalue weighted by atomic mass is 9.85. The molecule has 2 bridgehead atoms. The predicted octanol–water partition coefficient (Wildman–Crippen LogP) is 1.34. The Labute approximate surface area is 106 Å². The van der Waals surface area contributed by atoms with Gasteiger partial charge in [-0.1, -0.05) is 0 Å². The lowest BCUT2D eigenvalue weighted by Crippen LogP contribution is -2.44. The summed E-state index contributed by atoms with van der Waals surface area (Å²) >= 11 is 0. The van der Waals surface area contributed by atoms with Crippen LogP contribution in [0.25, 0.3) is 0 Å². The fourth-order valence-electron chi connectivity index (χ4n) is 3.17. The molecule has 1 aliphatic carbocycles. The van der Waals surface area contributed by atoms with Crippen molar-refractivity contribution in [2.75, 3.05) is 6.61 Å². The van der Waals surface area contributed by atoms with Gasteiger partial charge in [-0.15, -0.1) is 0 Å². The summed E-state index contributed by atoms with van der Waals surface area (Å²) in [5.74, 6) is 0.549. The lowest BCUT2D eigenvalue weighted by Gasteiger charge is -2.33. The molecule has 0 spiro atoms. The maximum absolute atomic E-state index is 6.16. The Morgan fingerprint density at radius 3 is 2.53 bits per heavy atom. The van der Waals surface area contributed by atoms with Crippen LogP contribution in [-0.2, 0) is 14.2 Å². The molecule has 1 heterocycles. The Morgan fingerprint density at radius 2 is 2.00 bits per heavy atom. The zero-order valence-corrected chi connectivity index (χ0v) is 11.7. The van der Waals surface area contributed by atoms with Crippen LogP contribution in [0.4, 0.5) is 0 Å². The summed E-state index contributed by atoms with van der Waals surface area (Å²) in [6.45, 7) is 9.00. The Kier molecular flexibility index (Phi) is 3.86. The smallest absolute Gasteiger partial charge is 0.139 e. The van der Waals surface area contributed by atoms with E-state index in [9.17, 15) is 0 Å². The third kappa shape index (κ3) is 2.54. The summed E-state index contributed by atoms with van der Waals surface area (Å²) in [5.41, 5.74) is -0.182. The summed E-state index contributed by atoms with van der Waals surface area (Å²) in [7, 11) is 2.16. The minimum absolute atomic E-state index is 0.182. The largest absolute Gasteiger partial charge is 0.376 e. The molecule has 4 atom stereocenters. The predicted molar refractivity (Wildman–Crippen MR) is 70.0 cm³/mol. The van der Waals surface area contributed by atoms with Gasteiger partial charge in [0.15, 0.2) is 0 Å². The van der Waals surface area contributed by atoms with Crippen molar-refractivity contribution in [2.45, 2.75) is 70.5 Å². The van der Waals surface area contributed by atoms with Crippen molar-refractivity contribution in [3.8, 4) is 0 Å². The first-order valence-electron chi connectivity index (χ1n) is 6.89. The van der Waals surface area contributed by atoms with E-state index in [1.807, 2.05) is 0 Å². The zero-order valence-electron chi connectivity index (χ0n) is 11.7. The van der Waals surface area contributed by atoms with Crippen LogP contribution in [0.2, 0.25) is 0 Å². The molecule has 0 aromatic carbocycles. The van der Waals surface area contributed by atoms with E-state index in [0.29, 0.717) is 18.5 Å². The van der Waals surface area contributed by atoms with E-state index >= 15 is 0 Å². The first-order valence-corrected chi connectivity index (χ1v) is 6.89. The number of rotatable bonds is 5. The molecular formula is C13H25BO3. The molecule has 17 heavy (non-hydrogen) atoms. The van der Waals surface area contributed by atoms with Gasteiger partial charge in [-0.25, -0.2) is 0 Å². The number of hydrogen-bond acceptors (Lipinski definition) is 3. The number of hydrogen-bond donors (Lipinski definition) is 0. The van der Waals surface area contributed by atoms with Crippen LogP contribution in [0.3, 0.4) is 0 Å². The summed E-state index contributed by atoms with van der Waals surface area (Å²) < 4.78 is 18.1. The van der Waals surface area contributed by atoms with Crippen LogP contribution >= 0.6 is 0 Å². The highest BCUT2D eigenvalue weighted by Gasteiger charge is 2.59. The van der Waals surface area contributed by atoms with Gasteiger partial charge >= 0.3 is 0 Å². The highest BCUT2D eigenvalue weighted by molar-refractivity contribution is 6.11. The molecule has 0 aromatic rings. The van der Waals surface area contributed by atoms with Crippen molar-refractivity contribution in [3.63, 3.8) is 0 Å². The summed E-state index contributed by atoms with van der Waals surface area (Å²) in [4.78, 5) is 0. The van der Waals surface area contributed by atoms with E-state index in [0.717, 1.165) is 6.42 Å². The van der Waals surface area contributed by atoms with Crippen LogP contribution in [0.15, 0.2) is 0 Å². The molecular weight excluding hydrogens is 215 g/mol. The average molecular weight is 240 g/mol. The van der Waals surface area contributed by atoms with Crippen molar-refractivity contribution >= 4 is 7.85 Å². The third-order valence-corrected chi connectivity index (χ3v) is 3.91. The fourth-order valence-corrected chi connectivity index (χ4v) is 3.17. The first-order chi connectivity index (χ1) is 7.94. The molecule has 1 saturated heterocycles. The second-order valence-corrected chi connectivity index (χ2v) is 6.06. The van der Waals surface area contributed by atoms with Crippen molar-refractivity contribution in [1.82, 2.24) is 0 Å². The second-order valence-electron chi connectivity index (χ2n) is 6.06. The van der Waals surface area contributed by atoms with Gasteiger partial charge in [0.2, 0.25) is 0 Å². The molecule has 2 rings (SSSR count). The van der Waals surface area contributed by atoms with Crippen molar-refractivity contribution in [1.29, 1.82) is 0 Å². The summed E-state index contributed by atoms with van der Waals surface area (Å²) in [6.07, 6.45) is 3.01. The summed E-state index contributed by atoms with van der Waals surface area (Å²) in [6, 6.07) is 0.309. The topological polar surface area (TPSA) is 27.7 Å².